The summed E-state index contributed by atoms with van der Waals surface area (Å²) in [5.74, 6) is 0. The lowest BCUT2D eigenvalue weighted by Crippen LogP contribution is -2.37. The third kappa shape index (κ3) is 4.68. The number of aryl methyl sites for hydroxylation is 2. The van der Waals surface area contributed by atoms with Crippen LogP contribution in [0.1, 0.15) is 33.0 Å². The van der Waals surface area contributed by atoms with Crippen LogP contribution in [0.3, 0.4) is 0 Å². The van der Waals surface area contributed by atoms with E-state index < -0.39 is 31.0 Å². The Kier molecular flexibility index (Phi) is 5.89. The van der Waals surface area contributed by atoms with Crippen LogP contribution >= 0.6 is 0 Å². The molecule has 2 aromatic carbocycles. The molecule has 2 unspecified atom stereocenters. The molecule has 7 nitrogen and oxygen atoms in total. The van der Waals surface area contributed by atoms with Gasteiger partial charge in [-0.1, -0.05) is 59.7 Å². The highest BCUT2D eigenvalue weighted by Gasteiger charge is 2.39. The molecule has 2 N–H and O–H groups in total. The molecular formula is C17H21NO6S2. The maximum Gasteiger partial charge on any atom is 0.285 e. The summed E-state index contributed by atoms with van der Waals surface area (Å²) < 4.78 is 67.5. The summed E-state index contributed by atoms with van der Waals surface area (Å²) in [5, 5.41) is -3.34. The van der Waals surface area contributed by atoms with Crippen molar-refractivity contribution in [3.8, 4) is 0 Å². The summed E-state index contributed by atoms with van der Waals surface area (Å²) >= 11 is 0. The van der Waals surface area contributed by atoms with Crippen LogP contribution in [0, 0.1) is 13.8 Å². The molecule has 142 valence electrons. The zero-order valence-corrected chi connectivity index (χ0v) is 16.2. The summed E-state index contributed by atoms with van der Waals surface area (Å²) in [7, 11) is -8.18. The van der Waals surface area contributed by atoms with E-state index in [9.17, 15) is 25.9 Å². The van der Waals surface area contributed by atoms with E-state index in [1.165, 1.54) is 31.3 Å². The van der Waals surface area contributed by atoms with Gasteiger partial charge in [-0.3, -0.25) is 14.0 Å². The van der Waals surface area contributed by atoms with Gasteiger partial charge in [-0.2, -0.15) is 16.8 Å². The summed E-state index contributed by atoms with van der Waals surface area (Å²) in [6.07, 6.45) is 0. The van der Waals surface area contributed by atoms with Crippen LogP contribution in [-0.4, -0.2) is 37.9 Å². The Labute approximate surface area is 153 Å². The van der Waals surface area contributed by atoms with Crippen molar-refractivity contribution in [3.05, 3.63) is 70.8 Å². The van der Waals surface area contributed by atoms with Crippen LogP contribution < -0.4 is 0 Å². The van der Waals surface area contributed by atoms with Crippen molar-refractivity contribution in [1.29, 1.82) is 0 Å². The van der Waals surface area contributed by atoms with Gasteiger partial charge in [0.15, 0.2) is 10.7 Å². The highest BCUT2D eigenvalue weighted by Crippen LogP contribution is 2.35. The fourth-order valence-electron chi connectivity index (χ4n) is 2.82. The van der Waals surface area contributed by atoms with E-state index in [4.69, 9.17) is 0 Å². The molecule has 9 heteroatoms. The zero-order chi connectivity index (χ0) is 19.7. The highest BCUT2D eigenvalue weighted by molar-refractivity contribution is 7.86. The minimum absolute atomic E-state index is 0.182. The van der Waals surface area contributed by atoms with Gasteiger partial charge in [-0.15, -0.1) is 0 Å². The predicted octanol–water partition coefficient (Wildman–Crippen LogP) is 2.71. The number of benzene rings is 2. The van der Waals surface area contributed by atoms with Gasteiger partial charge in [-0.25, -0.2) is 0 Å². The van der Waals surface area contributed by atoms with Gasteiger partial charge in [0.25, 0.3) is 20.2 Å². The lowest BCUT2D eigenvalue weighted by molar-refractivity contribution is 0.253. The van der Waals surface area contributed by atoms with Crippen LogP contribution in [0.2, 0.25) is 0 Å². The predicted molar refractivity (Wildman–Crippen MR) is 98.7 cm³/mol. The molecule has 0 spiro atoms. The molecule has 0 radical (unpaired) electrons. The van der Waals surface area contributed by atoms with Gasteiger partial charge >= 0.3 is 0 Å². The first-order valence-corrected chi connectivity index (χ1v) is 10.7. The van der Waals surface area contributed by atoms with Crippen LogP contribution in [0.4, 0.5) is 0 Å². The maximum absolute atomic E-state index is 12.0. The largest absolute Gasteiger partial charge is 0.285 e. The van der Waals surface area contributed by atoms with Gasteiger partial charge in [0.05, 0.1) is 0 Å². The molecule has 0 aromatic heterocycles. The third-order valence-electron chi connectivity index (χ3n) is 4.03. The molecule has 0 amide bonds. The molecule has 2 atom stereocenters. The Morgan fingerprint density at radius 2 is 0.962 bits per heavy atom. The lowest BCUT2D eigenvalue weighted by atomic mass is 10.1. The van der Waals surface area contributed by atoms with Crippen LogP contribution in [-0.2, 0) is 20.2 Å². The van der Waals surface area contributed by atoms with Gasteiger partial charge < -0.3 is 0 Å². The molecule has 26 heavy (non-hydrogen) atoms. The van der Waals surface area contributed by atoms with E-state index in [0.717, 1.165) is 16.0 Å². The molecular weight excluding hydrogens is 378 g/mol. The molecule has 0 saturated heterocycles. The van der Waals surface area contributed by atoms with Crippen molar-refractivity contribution in [2.24, 2.45) is 0 Å². The van der Waals surface area contributed by atoms with Crippen molar-refractivity contribution in [3.63, 3.8) is 0 Å². The number of hydrogen-bond acceptors (Lipinski definition) is 5. The van der Waals surface area contributed by atoms with Gasteiger partial charge in [0.1, 0.15) is 0 Å². The second-order valence-electron chi connectivity index (χ2n) is 6.22. The number of rotatable bonds is 6. The molecule has 0 bridgehead atoms. The summed E-state index contributed by atoms with van der Waals surface area (Å²) in [6, 6.07) is 12.5. The SMILES string of the molecule is Cc1ccc(C(N(C)C(c2ccc(C)cc2)S(=O)(=O)O)S(=O)(=O)O)cc1. The van der Waals surface area contributed by atoms with E-state index in [2.05, 4.69) is 0 Å². The first-order chi connectivity index (χ1) is 11.9. The minimum atomic E-state index is -4.70. The van der Waals surface area contributed by atoms with Gasteiger partial charge in [0, 0.05) is 0 Å². The fraction of sp³-hybridized carbons (Fsp3) is 0.294. The number of hydrogen-bond donors (Lipinski definition) is 2. The Morgan fingerprint density at radius 3 is 1.19 bits per heavy atom. The van der Waals surface area contributed by atoms with E-state index in [1.54, 1.807) is 24.3 Å². The Morgan fingerprint density at radius 1 is 0.692 bits per heavy atom. The quantitative estimate of drug-likeness (QED) is 0.718. The first kappa shape index (κ1) is 20.5. The van der Waals surface area contributed by atoms with Crippen molar-refractivity contribution in [1.82, 2.24) is 4.90 Å². The summed E-state index contributed by atoms with van der Waals surface area (Å²) in [6.45, 7) is 3.62. The van der Waals surface area contributed by atoms with Crippen molar-refractivity contribution in [2.75, 3.05) is 7.05 Å². The number of nitrogens with zero attached hydrogens (tertiary/aromatic N) is 1. The minimum Gasteiger partial charge on any atom is -0.284 e. The molecule has 0 saturated carbocycles. The molecule has 0 heterocycles. The molecule has 0 aliphatic rings. The second kappa shape index (κ2) is 7.45. The molecule has 0 fully saturated rings. The van der Waals surface area contributed by atoms with E-state index in [0.29, 0.717) is 0 Å². The molecule has 0 aliphatic carbocycles. The van der Waals surface area contributed by atoms with E-state index in [-0.39, 0.29) is 11.1 Å². The standard InChI is InChI=1S/C17H21NO6S2/c1-12-4-8-14(9-5-12)16(25(19,20)21)18(3)17(26(22,23)24)15-10-6-13(2)7-11-15/h4-11,16-17H,1-3H3,(H,19,20,21)(H,22,23,24). The van der Waals surface area contributed by atoms with Crippen molar-refractivity contribution < 1.29 is 25.9 Å². The Bertz CT molecular complexity index is 885. The molecule has 2 rings (SSSR count). The normalized spacial score (nSPS) is 15.0. The second-order valence-corrected chi connectivity index (χ2v) is 9.17. The summed E-state index contributed by atoms with van der Waals surface area (Å²) in [5.41, 5.74) is 2.11. The van der Waals surface area contributed by atoms with E-state index >= 15 is 0 Å². The monoisotopic (exact) mass is 399 g/mol. The van der Waals surface area contributed by atoms with Crippen LogP contribution in [0.25, 0.3) is 0 Å². The van der Waals surface area contributed by atoms with Crippen molar-refractivity contribution in [2.45, 2.75) is 24.6 Å². The third-order valence-corrected chi connectivity index (χ3v) is 6.37. The van der Waals surface area contributed by atoms with Crippen LogP contribution in [0.15, 0.2) is 48.5 Å². The Hall–Kier alpha value is -1.78. The Balaban J connectivity index is 2.61. The van der Waals surface area contributed by atoms with Crippen LogP contribution in [0.5, 0.6) is 0 Å². The fourth-order valence-corrected chi connectivity index (χ4v) is 4.98. The van der Waals surface area contributed by atoms with Gasteiger partial charge in [-0.05, 0) is 32.0 Å². The smallest absolute Gasteiger partial charge is 0.284 e. The van der Waals surface area contributed by atoms with E-state index in [1.807, 2.05) is 13.8 Å². The highest BCUT2D eigenvalue weighted by atomic mass is 32.2. The first-order valence-electron chi connectivity index (χ1n) is 7.69. The average Bonchev–Trinajstić information content (AvgIpc) is 2.49. The molecule has 0 aliphatic heterocycles. The topological polar surface area (TPSA) is 112 Å². The summed E-state index contributed by atoms with van der Waals surface area (Å²) in [4.78, 5) is 0.917. The van der Waals surface area contributed by atoms with Crippen molar-refractivity contribution >= 4 is 20.2 Å². The zero-order valence-electron chi connectivity index (χ0n) is 14.6. The molecule has 2 aromatic rings. The average molecular weight is 399 g/mol. The maximum atomic E-state index is 12.0. The lowest BCUT2D eigenvalue weighted by Gasteiger charge is -2.31. The van der Waals surface area contributed by atoms with Gasteiger partial charge in [0.2, 0.25) is 0 Å².